The first-order valence-electron chi connectivity index (χ1n) is 9.53. The molecule has 0 bridgehead atoms. The van der Waals surface area contributed by atoms with E-state index in [1.165, 1.54) is 57.8 Å². The van der Waals surface area contributed by atoms with Crippen LogP contribution in [-0.2, 0) is 4.79 Å². The Labute approximate surface area is 142 Å². The molecule has 0 aliphatic heterocycles. The number of aliphatic carboxylic acids is 1. The van der Waals surface area contributed by atoms with E-state index in [0.717, 1.165) is 24.8 Å². The van der Waals surface area contributed by atoms with Crippen molar-refractivity contribution in [2.75, 3.05) is 0 Å². The highest BCUT2D eigenvalue weighted by molar-refractivity contribution is 5.75. The molecule has 0 spiro atoms. The maximum atomic E-state index is 11.4. The standard InChI is InChI=1S/C21H34O2/c1-2-3-4-5-6-7-8-9-10-11-15-18-20(21(22)23)19-16-13-12-14-17-19/h12-14,16-17,20H,2-11,15,18H2,1H3,(H,22,23). The maximum Gasteiger partial charge on any atom is 0.310 e. The van der Waals surface area contributed by atoms with Gasteiger partial charge in [0.1, 0.15) is 0 Å². The number of unbranched alkanes of at least 4 members (excludes halogenated alkanes) is 10. The van der Waals surface area contributed by atoms with Gasteiger partial charge in [-0.25, -0.2) is 0 Å². The van der Waals surface area contributed by atoms with Gasteiger partial charge in [-0.15, -0.1) is 0 Å². The van der Waals surface area contributed by atoms with Crippen molar-refractivity contribution in [3.8, 4) is 0 Å². The molecule has 130 valence electrons. The van der Waals surface area contributed by atoms with Crippen LogP contribution in [0.2, 0.25) is 0 Å². The van der Waals surface area contributed by atoms with Crippen molar-refractivity contribution in [1.29, 1.82) is 0 Å². The predicted molar refractivity (Wildman–Crippen MR) is 97.9 cm³/mol. The summed E-state index contributed by atoms with van der Waals surface area (Å²) in [5, 5.41) is 9.39. The first-order valence-corrected chi connectivity index (χ1v) is 9.53. The number of benzene rings is 1. The van der Waals surface area contributed by atoms with Gasteiger partial charge in [0.2, 0.25) is 0 Å². The monoisotopic (exact) mass is 318 g/mol. The van der Waals surface area contributed by atoms with E-state index in [1.54, 1.807) is 0 Å². The topological polar surface area (TPSA) is 37.3 Å². The van der Waals surface area contributed by atoms with Crippen LogP contribution in [0.5, 0.6) is 0 Å². The molecule has 1 rings (SSSR count). The average molecular weight is 319 g/mol. The fourth-order valence-corrected chi connectivity index (χ4v) is 3.13. The molecule has 0 heterocycles. The Kier molecular flexibility index (Phi) is 11.3. The molecule has 0 saturated carbocycles. The molecule has 1 aromatic rings. The second-order valence-corrected chi connectivity index (χ2v) is 6.63. The van der Waals surface area contributed by atoms with Gasteiger partial charge >= 0.3 is 5.97 Å². The van der Waals surface area contributed by atoms with E-state index in [0.29, 0.717) is 0 Å². The first kappa shape index (κ1) is 19.7. The molecule has 0 saturated heterocycles. The van der Waals surface area contributed by atoms with Gasteiger partial charge in [0.25, 0.3) is 0 Å². The zero-order valence-corrected chi connectivity index (χ0v) is 14.8. The molecule has 1 aromatic carbocycles. The van der Waals surface area contributed by atoms with Crippen LogP contribution < -0.4 is 0 Å². The Balaban J connectivity index is 2.04. The van der Waals surface area contributed by atoms with E-state index in [2.05, 4.69) is 6.92 Å². The van der Waals surface area contributed by atoms with E-state index >= 15 is 0 Å². The lowest BCUT2D eigenvalue weighted by Gasteiger charge is -2.12. The smallest absolute Gasteiger partial charge is 0.310 e. The average Bonchev–Trinajstić information content (AvgIpc) is 2.56. The minimum atomic E-state index is -0.691. The molecule has 2 heteroatoms. The lowest BCUT2D eigenvalue weighted by molar-refractivity contribution is -0.139. The van der Waals surface area contributed by atoms with Crippen LogP contribution in [0.25, 0.3) is 0 Å². The van der Waals surface area contributed by atoms with Crippen LogP contribution >= 0.6 is 0 Å². The molecule has 1 atom stereocenters. The summed E-state index contributed by atoms with van der Waals surface area (Å²) in [5.74, 6) is -1.03. The highest BCUT2D eigenvalue weighted by Crippen LogP contribution is 2.23. The Bertz CT molecular complexity index is 400. The van der Waals surface area contributed by atoms with Gasteiger partial charge in [-0.1, -0.05) is 108 Å². The fraction of sp³-hybridized carbons (Fsp3) is 0.667. The third-order valence-corrected chi connectivity index (χ3v) is 4.60. The first-order chi connectivity index (χ1) is 11.3. The Morgan fingerprint density at radius 1 is 0.826 bits per heavy atom. The molecule has 2 nitrogen and oxygen atoms in total. The minimum absolute atomic E-state index is 0.338. The normalized spacial score (nSPS) is 12.2. The van der Waals surface area contributed by atoms with Crippen molar-refractivity contribution in [3.63, 3.8) is 0 Å². The summed E-state index contributed by atoms with van der Waals surface area (Å²) < 4.78 is 0. The van der Waals surface area contributed by atoms with Gasteiger partial charge in [0.15, 0.2) is 0 Å². The van der Waals surface area contributed by atoms with Crippen LogP contribution in [0.15, 0.2) is 30.3 Å². The number of carboxylic acid groups (broad SMARTS) is 1. The number of hydrogen-bond donors (Lipinski definition) is 1. The van der Waals surface area contributed by atoms with E-state index in [4.69, 9.17) is 0 Å². The molecular weight excluding hydrogens is 284 g/mol. The maximum absolute atomic E-state index is 11.4. The summed E-state index contributed by atoms with van der Waals surface area (Å²) in [6.45, 7) is 2.26. The molecule has 23 heavy (non-hydrogen) atoms. The predicted octanol–water partition coefficient (Wildman–Crippen LogP) is 6.56. The van der Waals surface area contributed by atoms with Gasteiger partial charge in [-0.05, 0) is 12.0 Å². The van der Waals surface area contributed by atoms with Crippen LogP contribution in [0.3, 0.4) is 0 Å². The van der Waals surface area contributed by atoms with Crippen LogP contribution in [0.1, 0.15) is 95.5 Å². The molecule has 0 amide bonds. The zero-order valence-electron chi connectivity index (χ0n) is 14.8. The van der Waals surface area contributed by atoms with Crippen molar-refractivity contribution >= 4 is 5.97 Å². The lowest BCUT2D eigenvalue weighted by atomic mass is 9.93. The van der Waals surface area contributed by atoms with Gasteiger partial charge < -0.3 is 5.11 Å². The van der Waals surface area contributed by atoms with E-state index in [-0.39, 0.29) is 5.92 Å². The van der Waals surface area contributed by atoms with Crippen molar-refractivity contribution in [2.45, 2.75) is 89.9 Å². The van der Waals surface area contributed by atoms with Gasteiger partial charge in [-0.2, -0.15) is 0 Å². The van der Waals surface area contributed by atoms with Crippen LogP contribution in [-0.4, -0.2) is 11.1 Å². The molecular formula is C21H34O2. The second kappa shape index (κ2) is 13.2. The zero-order chi connectivity index (χ0) is 16.8. The number of rotatable bonds is 14. The number of carboxylic acids is 1. The molecule has 0 fully saturated rings. The highest BCUT2D eigenvalue weighted by atomic mass is 16.4. The molecule has 1 N–H and O–H groups in total. The van der Waals surface area contributed by atoms with Gasteiger partial charge in [-0.3, -0.25) is 4.79 Å². The molecule has 1 unspecified atom stereocenters. The fourth-order valence-electron chi connectivity index (χ4n) is 3.13. The van der Waals surface area contributed by atoms with Gasteiger partial charge in [0.05, 0.1) is 5.92 Å². The van der Waals surface area contributed by atoms with Gasteiger partial charge in [0, 0.05) is 0 Å². The van der Waals surface area contributed by atoms with Crippen molar-refractivity contribution in [1.82, 2.24) is 0 Å². The third kappa shape index (κ3) is 9.43. The molecule has 0 aliphatic carbocycles. The van der Waals surface area contributed by atoms with E-state index < -0.39 is 5.97 Å². The molecule has 0 aromatic heterocycles. The molecule has 0 aliphatic rings. The summed E-state index contributed by atoms with van der Waals surface area (Å²) >= 11 is 0. The summed E-state index contributed by atoms with van der Waals surface area (Å²) in [6, 6.07) is 9.64. The number of carbonyl (C=O) groups is 1. The minimum Gasteiger partial charge on any atom is -0.481 e. The largest absolute Gasteiger partial charge is 0.481 e. The Morgan fingerprint density at radius 3 is 1.78 bits per heavy atom. The highest BCUT2D eigenvalue weighted by Gasteiger charge is 2.18. The third-order valence-electron chi connectivity index (χ3n) is 4.60. The summed E-state index contributed by atoms with van der Waals surface area (Å²) in [7, 11) is 0. The Morgan fingerprint density at radius 2 is 1.30 bits per heavy atom. The summed E-state index contributed by atoms with van der Waals surface area (Å²) in [5.41, 5.74) is 0.937. The quantitative estimate of drug-likeness (QED) is 0.395. The molecule has 0 radical (unpaired) electrons. The van der Waals surface area contributed by atoms with E-state index in [9.17, 15) is 9.90 Å². The summed E-state index contributed by atoms with van der Waals surface area (Å²) in [6.07, 6.45) is 15.1. The van der Waals surface area contributed by atoms with Crippen molar-refractivity contribution in [3.05, 3.63) is 35.9 Å². The number of hydrogen-bond acceptors (Lipinski definition) is 1. The van der Waals surface area contributed by atoms with E-state index in [1.807, 2.05) is 30.3 Å². The van der Waals surface area contributed by atoms with Crippen molar-refractivity contribution in [2.24, 2.45) is 0 Å². The Hall–Kier alpha value is -1.31. The summed E-state index contributed by atoms with van der Waals surface area (Å²) in [4.78, 5) is 11.4. The van der Waals surface area contributed by atoms with Crippen LogP contribution in [0.4, 0.5) is 0 Å². The van der Waals surface area contributed by atoms with Crippen molar-refractivity contribution < 1.29 is 9.90 Å². The SMILES string of the molecule is CCCCCCCCCCCCCC(C(=O)O)c1ccccc1. The lowest BCUT2D eigenvalue weighted by Crippen LogP contribution is -2.11. The second-order valence-electron chi connectivity index (χ2n) is 6.63. The van der Waals surface area contributed by atoms with Crippen LogP contribution in [0, 0.1) is 0 Å².